The van der Waals surface area contributed by atoms with Crippen molar-refractivity contribution >= 4 is 11.6 Å². The first-order valence-electron chi connectivity index (χ1n) is 7.69. The molecular weight excluding hydrogens is 284 g/mol. The van der Waals surface area contributed by atoms with E-state index < -0.39 is 5.60 Å². The summed E-state index contributed by atoms with van der Waals surface area (Å²) in [6.45, 7) is 0.561. The molecule has 0 spiro atoms. The second kappa shape index (κ2) is 5.96. The maximum absolute atomic E-state index is 10.4. The Labute approximate surface area is 130 Å². The van der Waals surface area contributed by atoms with Gasteiger partial charge in [0.2, 0.25) is 0 Å². The van der Waals surface area contributed by atoms with E-state index in [1.54, 1.807) is 0 Å². The quantitative estimate of drug-likeness (QED) is 0.846. The lowest BCUT2D eigenvalue weighted by molar-refractivity contribution is -0.0564. The molecular formula is C17H21ClN2O. The first-order valence-corrected chi connectivity index (χ1v) is 8.07. The molecule has 2 N–H and O–H groups in total. The number of hydrogen-bond acceptors (Lipinski definition) is 3. The Balaban J connectivity index is 1.60. The molecule has 0 amide bonds. The van der Waals surface area contributed by atoms with Crippen molar-refractivity contribution in [3.8, 4) is 6.07 Å². The van der Waals surface area contributed by atoms with Crippen molar-refractivity contribution < 1.29 is 5.11 Å². The Kier molecular flexibility index (Phi) is 4.21. The molecule has 1 aromatic carbocycles. The number of hydrogen-bond donors (Lipinski definition) is 2. The first kappa shape index (κ1) is 14.8. The Hall–Kier alpha value is -1.08. The molecule has 2 saturated carbocycles. The molecule has 21 heavy (non-hydrogen) atoms. The van der Waals surface area contributed by atoms with E-state index >= 15 is 0 Å². The van der Waals surface area contributed by atoms with Crippen molar-refractivity contribution in [1.29, 1.82) is 5.26 Å². The summed E-state index contributed by atoms with van der Waals surface area (Å²) in [5, 5.41) is 23.5. The Morgan fingerprint density at radius 2 is 2.00 bits per heavy atom. The van der Waals surface area contributed by atoms with Crippen molar-refractivity contribution in [3.05, 3.63) is 34.9 Å². The van der Waals surface area contributed by atoms with E-state index in [4.69, 9.17) is 16.9 Å². The molecule has 2 aliphatic rings. The van der Waals surface area contributed by atoms with Crippen LogP contribution in [0.1, 0.15) is 43.7 Å². The van der Waals surface area contributed by atoms with Crippen LogP contribution in [0.25, 0.3) is 0 Å². The molecule has 4 heteroatoms. The van der Waals surface area contributed by atoms with E-state index in [9.17, 15) is 5.11 Å². The third-order valence-electron chi connectivity index (χ3n) is 4.65. The van der Waals surface area contributed by atoms with Gasteiger partial charge in [-0.1, -0.05) is 36.6 Å². The van der Waals surface area contributed by atoms with Gasteiger partial charge in [0.15, 0.2) is 0 Å². The van der Waals surface area contributed by atoms with Gasteiger partial charge in [0.1, 0.15) is 0 Å². The SMILES string of the molecule is N#CC1CC(O)(CNC(CC2CC2)c2ccc(Cl)cc2)C1. The highest BCUT2D eigenvalue weighted by Gasteiger charge is 2.43. The standard InChI is InChI=1S/C17H21ClN2O/c18-15-5-3-14(4-6-15)16(7-12-1-2-12)20-11-17(21)8-13(9-17)10-19/h3-6,12-13,16,20-21H,1-2,7-9,11H2. The minimum atomic E-state index is -0.700. The summed E-state index contributed by atoms with van der Waals surface area (Å²) in [4.78, 5) is 0. The molecule has 3 rings (SSSR count). The van der Waals surface area contributed by atoms with Gasteiger partial charge in [-0.25, -0.2) is 0 Å². The fourth-order valence-electron chi connectivity index (χ4n) is 3.13. The number of nitriles is 1. The van der Waals surface area contributed by atoms with Gasteiger partial charge in [0.25, 0.3) is 0 Å². The maximum atomic E-state index is 10.4. The molecule has 112 valence electrons. The molecule has 3 nitrogen and oxygen atoms in total. The molecule has 2 aliphatic carbocycles. The molecule has 1 unspecified atom stereocenters. The summed E-state index contributed by atoms with van der Waals surface area (Å²) in [5.74, 6) is 0.829. The topological polar surface area (TPSA) is 56.0 Å². The van der Waals surface area contributed by atoms with Crippen LogP contribution in [0.3, 0.4) is 0 Å². The summed E-state index contributed by atoms with van der Waals surface area (Å²) in [6, 6.07) is 10.4. The van der Waals surface area contributed by atoms with Crippen molar-refractivity contribution in [3.63, 3.8) is 0 Å². The predicted molar refractivity (Wildman–Crippen MR) is 82.8 cm³/mol. The largest absolute Gasteiger partial charge is 0.388 e. The number of halogens is 1. The third-order valence-corrected chi connectivity index (χ3v) is 4.90. The maximum Gasteiger partial charge on any atom is 0.0796 e. The highest BCUT2D eigenvalue weighted by molar-refractivity contribution is 6.30. The zero-order chi connectivity index (χ0) is 14.9. The smallest absolute Gasteiger partial charge is 0.0796 e. The predicted octanol–water partition coefficient (Wildman–Crippen LogP) is 3.44. The Bertz CT molecular complexity index is 527. The first-order chi connectivity index (χ1) is 10.1. The van der Waals surface area contributed by atoms with Crippen LogP contribution in [0.4, 0.5) is 0 Å². The molecule has 0 heterocycles. The van der Waals surface area contributed by atoms with E-state index in [0.717, 1.165) is 17.4 Å². The monoisotopic (exact) mass is 304 g/mol. The molecule has 0 aromatic heterocycles. The van der Waals surface area contributed by atoms with Crippen LogP contribution in [-0.2, 0) is 0 Å². The summed E-state index contributed by atoms with van der Waals surface area (Å²) in [6.07, 6.45) is 4.92. The van der Waals surface area contributed by atoms with Gasteiger partial charge in [-0.3, -0.25) is 0 Å². The van der Waals surface area contributed by atoms with E-state index in [2.05, 4.69) is 23.5 Å². The molecule has 1 aromatic rings. The molecule has 1 atom stereocenters. The minimum absolute atomic E-state index is 0.0224. The van der Waals surface area contributed by atoms with Crippen LogP contribution in [-0.4, -0.2) is 17.3 Å². The summed E-state index contributed by atoms with van der Waals surface area (Å²) in [5.41, 5.74) is 0.528. The summed E-state index contributed by atoms with van der Waals surface area (Å²) >= 11 is 5.96. The van der Waals surface area contributed by atoms with Gasteiger partial charge in [-0.05, 0) is 42.9 Å². The lowest BCUT2D eigenvalue weighted by atomic mass is 9.71. The van der Waals surface area contributed by atoms with E-state index in [-0.39, 0.29) is 12.0 Å². The van der Waals surface area contributed by atoms with Gasteiger partial charge in [0, 0.05) is 17.6 Å². The lowest BCUT2D eigenvalue weighted by Crippen LogP contribution is -2.51. The normalized spacial score (nSPS) is 29.5. The van der Waals surface area contributed by atoms with Crippen LogP contribution >= 0.6 is 11.6 Å². The highest BCUT2D eigenvalue weighted by atomic mass is 35.5. The van der Waals surface area contributed by atoms with Gasteiger partial charge >= 0.3 is 0 Å². The molecule has 2 fully saturated rings. The van der Waals surface area contributed by atoms with E-state index in [0.29, 0.717) is 19.4 Å². The third kappa shape index (κ3) is 3.77. The summed E-state index contributed by atoms with van der Waals surface area (Å²) in [7, 11) is 0. The molecule has 0 aliphatic heterocycles. The second-order valence-electron chi connectivity index (χ2n) is 6.62. The second-order valence-corrected chi connectivity index (χ2v) is 7.06. The Morgan fingerprint density at radius 3 is 2.57 bits per heavy atom. The average Bonchev–Trinajstić information content (AvgIpc) is 3.25. The van der Waals surface area contributed by atoms with Crippen molar-refractivity contribution in [2.75, 3.05) is 6.54 Å². The van der Waals surface area contributed by atoms with Gasteiger partial charge in [-0.2, -0.15) is 5.26 Å². The van der Waals surface area contributed by atoms with E-state index in [1.165, 1.54) is 18.4 Å². The Morgan fingerprint density at radius 1 is 1.33 bits per heavy atom. The number of nitrogens with one attached hydrogen (secondary N) is 1. The number of rotatable bonds is 6. The van der Waals surface area contributed by atoms with Gasteiger partial charge in [-0.15, -0.1) is 0 Å². The number of benzene rings is 1. The van der Waals surface area contributed by atoms with Crippen LogP contribution in [0, 0.1) is 23.2 Å². The number of nitrogens with zero attached hydrogens (tertiary/aromatic N) is 1. The lowest BCUT2D eigenvalue weighted by Gasteiger charge is -2.41. The fourth-order valence-corrected chi connectivity index (χ4v) is 3.25. The molecule has 0 radical (unpaired) electrons. The van der Waals surface area contributed by atoms with Crippen LogP contribution in [0.15, 0.2) is 24.3 Å². The van der Waals surface area contributed by atoms with Crippen molar-refractivity contribution in [2.45, 2.75) is 43.7 Å². The number of aliphatic hydroxyl groups is 1. The zero-order valence-corrected chi connectivity index (χ0v) is 12.8. The van der Waals surface area contributed by atoms with E-state index in [1.807, 2.05) is 12.1 Å². The zero-order valence-electron chi connectivity index (χ0n) is 12.1. The minimum Gasteiger partial charge on any atom is -0.388 e. The van der Waals surface area contributed by atoms with Crippen molar-refractivity contribution in [2.24, 2.45) is 11.8 Å². The van der Waals surface area contributed by atoms with Crippen molar-refractivity contribution in [1.82, 2.24) is 5.32 Å². The average molecular weight is 305 g/mol. The van der Waals surface area contributed by atoms with Crippen LogP contribution < -0.4 is 5.32 Å². The highest BCUT2D eigenvalue weighted by Crippen LogP contribution is 2.40. The fraction of sp³-hybridized carbons (Fsp3) is 0.588. The summed E-state index contributed by atoms with van der Waals surface area (Å²) < 4.78 is 0. The van der Waals surface area contributed by atoms with Crippen LogP contribution in [0.5, 0.6) is 0 Å². The molecule has 0 saturated heterocycles. The molecule has 0 bridgehead atoms. The van der Waals surface area contributed by atoms with Crippen LogP contribution in [0.2, 0.25) is 5.02 Å². The van der Waals surface area contributed by atoms with Gasteiger partial charge < -0.3 is 10.4 Å². The van der Waals surface area contributed by atoms with Gasteiger partial charge in [0.05, 0.1) is 17.6 Å².